The van der Waals surface area contributed by atoms with Crippen LogP contribution in [0.25, 0.3) is 0 Å². The van der Waals surface area contributed by atoms with Crippen molar-refractivity contribution in [3.63, 3.8) is 0 Å². The van der Waals surface area contributed by atoms with Gasteiger partial charge in [-0.15, -0.1) is 0 Å². The molecule has 0 spiro atoms. The van der Waals surface area contributed by atoms with Crippen LogP contribution in [-0.2, 0) is 16.2 Å². The molecule has 1 aromatic heterocycles. The molecule has 0 atom stereocenters. The summed E-state index contributed by atoms with van der Waals surface area (Å²) < 4.78 is 63.0. The Kier molecular flexibility index (Phi) is 4.32. The molecule has 7 nitrogen and oxygen atoms in total. The van der Waals surface area contributed by atoms with Gasteiger partial charge in [-0.05, 0) is 24.3 Å². The van der Waals surface area contributed by atoms with E-state index in [1.807, 2.05) is 4.72 Å². The number of aromatic amines is 1. The number of hydrogen-bond donors (Lipinski definition) is 3. The van der Waals surface area contributed by atoms with E-state index >= 15 is 0 Å². The molecule has 2 rings (SSSR count). The lowest BCUT2D eigenvalue weighted by Gasteiger charge is -2.14. The molecular weight excluding hydrogens is 337 g/mol. The van der Waals surface area contributed by atoms with Crippen LogP contribution in [0.15, 0.2) is 30.5 Å². The molecule has 3 N–H and O–H groups in total. The number of anilines is 2. The third-order valence-electron chi connectivity index (χ3n) is 2.64. The normalized spacial score (nSPS) is 12.0. The third-order valence-corrected chi connectivity index (χ3v) is 3.23. The average molecular weight is 348 g/mol. The van der Waals surface area contributed by atoms with Crippen molar-refractivity contribution < 1.29 is 26.4 Å². The maximum Gasteiger partial charge on any atom is 0.416 e. The molecule has 0 aliphatic rings. The Bertz CT molecular complexity index is 817. The molecule has 0 unspecified atom stereocenters. The van der Waals surface area contributed by atoms with E-state index < -0.39 is 27.7 Å². The van der Waals surface area contributed by atoms with E-state index in [0.29, 0.717) is 12.1 Å². The lowest BCUT2D eigenvalue weighted by Crippen LogP contribution is -2.17. The molecule has 124 valence electrons. The number of carbonyl (C=O) groups excluding carboxylic acids is 1. The fourth-order valence-corrected chi connectivity index (χ4v) is 2.26. The van der Waals surface area contributed by atoms with Crippen molar-refractivity contribution in [2.24, 2.45) is 0 Å². The van der Waals surface area contributed by atoms with E-state index in [9.17, 15) is 26.4 Å². The molecule has 1 aromatic carbocycles. The van der Waals surface area contributed by atoms with Crippen molar-refractivity contribution in [3.8, 4) is 0 Å². The van der Waals surface area contributed by atoms with Crippen LogP contribution in [0.3, 0.4) is 0 Å². The lowest BCUT2D eigenvalue weighted by molar-refractivity contribution is -0.137. The van der Waals surface area contributed by atoms with Gasteiger partial charge in [-0.1, -0.05) is 0 Å². The van der Waals surface area contributed by atoms with Gasteiger partial charge in [-0.25, -0.2) is 8.42 Å². The number of halogens is 3. The molecule has 0 aliphatic carbocycles. The summed E-state index contributed by atoms with van der Waals surface area (Å²) in [5.41, 5.74) is -1.54. The lowest BCUT2D eigenvalue weighted by atomic mass is 10.1. The number of H-pyrrole nitrogens is 1. The molecule has 0 fully saturated rings. The van der Waals surface area contributed by atoms with Crippen molar-refractivity contribution >= 4 is 27.3 Å². The van der Waals surface area contributed by atoms with Gasteiger partial charge >= 0.3 is 6.18 Å². The second-order valence-electron chi connectivity index (χ2n) is 4.56. The highest BCUT2D eigenvalue weighted by molar-refractivity contribution is 7.92. The van der Waals surface area contributed by atoms with E-state index in [1.165, 1.54) is 12.3 Å². The first kappa shape index (κ1) is 16.8. The number of rotatable bonds is 4. The molecule has 1 heterocycles. The fourth-order valence-electron chi connectivity index (χ4n) is 1.68. The monoisotopic (exact) mass is 348 g/mol. The highest BCUT2D eigenvalue weighted by Crippen LogP contribution is 2.34. The van der Waals surface area contributed by atoms with Gasteiger partial charge in [0.05, 0.1) is 23.2 Å². The zero-order valence-corrected chi connectivity index (χ0v) is 12.4. The zero-order valence-electron chi connectivity index (χ0n) is 11.6. The molecule has 0 bridgehead atoms. The largest absolute Gasteiger partial charge is 0.416 e. The van der Waals surface area contributed by atoms with Crippen LogP contribution in [0.2, 0.25) is 0 Å². The molecule has 0 saturated carbocycles. The SMILES string of the molecule is CS(=O)(=O)Nc1ccc(C(F)(F)F)cc1NC(=O)c1ccn[nH]1. The summed E-state index contributed by atoms with van der Waals surface area (Å²) in [6.45, 7) is 0. The number of alkyl halides is 3. The Morgan fingerprint density at radius 3 is 2.43 bits per heavy atom. The average Bonchev–Trinajstić information content (AvgIpc) is 2.91. The van der Waals surface area contributed by atoms with Crippen LogP contribution >= 0.6 is 0 Å². The Morgan fingerprint density at radius 2 is 1.91 bits per heavy atom. The summed E-state index contributed by atoms with van der Waals surface area (Å²) in [4.78, 5) is 11.9. The van der Waals surface area contributed by atoms with Crippen LogP contribution in [-0.4, -0.2) is 30.8 Å². The number of benzene rings is 1. The van der Waals surface area contributed by atoms with E-state index in [-0.39, 0.29) is 17.1 Å². The predicted octanol–water partition coefficient (Wildman–Crippen LogP) is 2.05. The first-order valence-corrected chi connectivity index (χ1v) is 7.95. The summed E-state index contributed by atoms with van der Waals surface area (Å²) in [5.74, 6) is -0.765. The van der Waals surface area contributed by atoms with Crippen LogP contribution in [0.4, 0.5) is 24.5 Å². The number of amides is 1. The minimum atomic E-state index is -4.64. The van der Waals surface area contributed by atoms with Crippen molar-refractivity contribution in [3.05, 3.63) is 41.7 Å². The molecular formula is C12H11F3N4O3S. The van der Waals surface area contributed by atoms with Crippen molar-refractivity contribution in [2.75, 3.05) is 16.3 Å². The zero-order chi connectivity index (χ0) is 17.3. The van der Waals surface area contributed by atoms with Crippen molar-refractivity contribution in [1.82, 2.24) is 10.2 Å². The Hall–Kier alpha value is -2.56. The third kappa shape index (κ3) is 4.45. The first-order valence-electron chi connectivity index (χ1n) is 6.06. The second-order valence-corrected chi connectivity index (χ2v) is 6.31. The smallest absolute Gasteiger partial charge is 0.319 e. The van der Waals surface area contributed by atoms with Gasteiger partial charge in [0, 0.05) is 6.20 Å². The first-order chi connectivity index (χ1) is 10.6. The van der Waals surface area contributed by atoms with Crippen LogP contribution in [0.1, 0.15) is 16.1 Å². The number of nitrogens with zero attached hydrogens (tertiary/aromatic N) is 1. The summed E-state index contributed by atoms with van der Waals surface area (Å²) in [6.07, 6.45) is -2.51. The number of hydrogen-bond acceptors (Lipinski definition) is 4. The van der Waals surface area contributed by atoms with Gasteiger partial charge < -0.3 is 5.32 Å². The molecule has 2 aromatic rings. The van der Waals surface area contributed by atoms with E-state index in [4.69, 9.17) is 0 Å². The van der Waals surface area contributed by atoms with Crippen LogP contribution in [0, 0.1) is 0 Å². The van der Waals surface area contributed by atoms with Gasteiger partial charge in [0.2, 0.25) is 10.0 Å². The minimum Gasteiger partial charge on any atom is -0.319 e. The van der Waals surface area contributed by atoms with Gasteiger partial charge in [0.15, 0.2) is 0 Å². The Balaban J connectivity index is 2.41. The van der Waals surface area contributed by atoms with Crippen LogP contribution in [0.5, 0.6) is 0 Å². The van der Waals surface area contributed by atoms with Gasteiger partial charge in [-0.2, -0.15) is 18.3 Å². The maximum atomic E-state index is 12.8. The topological polar surface area (TPSA) is 104 Å². The number of carbonyl (C=O) groups is 1. The Morgan fingerprint density at radius 1 is 1.22 bits per heavy atom. The Labute approximate surface area is 128 Å². The van der Waals surface area contributed by atoms with Crippen LogP contribution < -0.4 is 10.0 Å². The molecule has 0 aliphatic heterocycles. The highest BCUT2D eigenvalue weighted by atomic mass is 32.2. The van der Waals surface area contributed by atoms with Crippen molar-refractivity contribution in [2.45, 2.75) is 6.18 Å². The standard InChI is InChI=1S/C12H11F3N4O3S/c1-23(21,22)19-8-3-2-7(12(13,14)15)6-10(8)17-11(20)9-4-5-16-18-9/h2-6,19H,1H3,(H,16,18)(H,17,20). The maximum absolute atomic E-state index is 12.8. The van der Waals surface area contributed by atoms with Gasteiger partial charge in [0.25, 0.3) is 5.91 Å². The van der Waals surface area contributed by atoms with Crippen molar-refractivity contribution in [1.29, 1.82) is 0 Å². The highest BCUT2D eigenvalue weighted by Gasteiger charge is 2.31. The molecule has 1 amide bonds. The number of aromatic nitrogens is 2. The molecule has 0 radical (unpaired) electrons. The number of sulfonamides is 1. The number of nitrogens with one attached hydrogen (secondary N) is 3. The van der Waals surface area contributed by atoms with E-state index in [2.05, 4.69) is 15.5 Å². The quantitative estimate of drug-likeness (QED) is 0.786. The summed E-state index contributed by atoms with van der Waals surface area (Å²) in [5, 5.41) is 8.10. The predicted molar refractivity (Wildman–Crippen MR) is 76.5 cm³/mol. The van der Waals surface area contributed by atoms with E-state index in [0.717, 1.165) is 12.3 Å². The van der Waals surface area contributed by atoms with E-state index in [1.54, 1.807) is 0 Å². The fraction of sp³-hybridized carbons (Fsp3) is 0.167. The molecule has 0 saturated heterocycles. The second kappa shape index (κ2) is 5.91. The summed E-state index contributed by atoms with van der Waals surface area (Å²) in [7, 11) is -3.74. The summed E-state index contributed by atoms with van der Waals surface area (Å²) >= 11 is 0. The molecule has 11 heteroatoms. The molecule has 23 heavy (non-hydrogen) atoms. The van der Waals surface area contributed by atoms with Gasteiger partial charge in [0.1, 0.15) is 5.69 Å². The van der Waals surface area contributed by atoms with Gasteiger partial charge in [-0.3, -0.25) is 14.6 Å². The minimum absolute atomic E-state index is 0.00715. The summed E-state index contributed by atoms with van der Waals surface area (Å²) in [6, 6.07) is 3.58.